The van der Waals surface area contributed by atoms with Crippen molar-refractivity contribution in [3.8, 4) is 0 Å². The van der Waals surface area contributed by atoms with Crippen LogP contribution in [0.25, 0.3) is 5.65 Å². The third-order valence-corrected chi connectivity index (χ3v) is 1.77. The van der Waals surface area contributed by atoms with E-state index in [1.165, 1.54) is 0 Å². The van der Waals surface area contributed by atoms with E-state index < -0.39 is 0 Å². The van der Waals surface area contributed by atoms with Crippen LogP contribution >= 0.6 is 0 Å². The Morgan fingerprint density at radius 3 is 3.29 bits per heavy atom. The number of aromatic nitrogens is 4. The highest BCUT2D eigenvalue weighted by atomic mass is 16.5. The van der Waals surface area contributed by atoms with E-state index in [4.69, 9.17) is 4.74 Å². The Balaban J connectivity index is 2.10. The maximum atomic E-state index is 4.91. The van der Waals surface area contributed by atoms with Gasteiger partial charge in [0.05, 0.1) is 6.61 Å². The molecule has 14 heavy (non-hydrogen) atoms. The van der Waals surface area contributed by atoms with Crippen LogP contribution in [0.3, 0.4) is 0 Å². The van der Waals surface area contributed by atoms with Crippen LogP contribution in [0.1, 0.15) is 0 Å². The minimum atomic E-state index is 0.655. The van der Waals surface area contributed by atoms with Crippen molar-refractivity contribution in [3.05, 3.63) is 18.5 Å². The Bertz CT molecular complexity index is 413. The number of rotatable bonds is 4. The van der Waals surface area contributed by atoms with Crippen molar-refractivity contribution >= 4 is 11.5 Å². The monoisotopic (exact) mass is 193 g/mol. The molecule has 6 nitrogen and oxygen atoms in total. The molecule has 2 heterocycles. The molecule has 0 aliphatic rings. The van der Waals surface area contributed by atoms with E-state index in [9.17, 15) is 0 Å². The Morgan fingerprint density at radius 1 is 1.50 bits per heavy atom. The van der Waals surface area contributed by atoms with E-state index in [1.807, 2.05) is 12.1 Å². The number of hydrogen-bond acceptors (Lipinski definition) is 5. The SMILES string of the molecule is COCCNc1ccc2nncn2n1. The molecule has 0 saturated heterocycles. The van der Waals surface area contributed by atoms with Gasteiger partial charge >= 0.3 is 0 Å². The van der Waals surface area contributed by atoms with Crippen LogP contribution in [-0.4, -0.2) is 40.1 Å². The molecule has 0 aliphatic carbocycles. The second-order valence-corrected chi connectivity index (χ2v) is 2.77. The normalized spacial score (nSPS) is 10.6. The highest BCUT2D eigenvalue weighted by Crippen LogP contribution is 2.03. The van der Waals surface area contributed by atoms with Gasteiger partial charge in [0.25, 0.3) is 0 Å². The Kier molecular flexibility index (Phi) is 2.55. The molecule has 74 valence electrons. The lowest BCUT2D eigenvalue weighted by molar-refractivity contribution is 0.210. The number of nitrogens with zero attached hydrogens (tertiary/aromatic N) is 4. The molecule has 0 aromatic carbocycles. The quantitative estimate of drug-likeness (QED) is 0.702. The van der Waals surface area contributed by atoms with Crippen molar-refractivity contribution in [1.29, 1.82) is 0 Å². The van der Waals surface area contributed by atoms with Crippen LogP contribution in [0.5, 0.6) is 0 Å². The molecule has 0 aliphatic heterocycles. The molecule has 2 rings (SSSR count). The van der Waals surface area contributed by atoms with Gasteiger partial charge in [0.15, 0.2) is 5.65 Å². The second-order valence-electron chi connectivity index (χ2n) is 2.77. The third kappa shape index (κ3) is 1.80. The van der Waals surface area contributed by atoms with E-state index in [-0.39, 0.29) is 0 Å². The summed E-state index contributed by atoms with van der Waals surface area (Å²) in [5, 5.41) is 14.9. The van der Waals surface area contributed by atoms with Crippen molar-refractivity contribution in [1.82, 2.24) is 19.8 Å². The van der Waals surface area contributed by atoms with Gasteiger partial charge in [0.1, 0.15) is 12.1 Å². The number of ether oxygens (including phenoxy) is 1. The molecular formula is C8H11N5O. The van der Waals surface area contributed by atoms with Crippen LogP contribution in [0, 0.1) is 0 Å². The number of anilines is 1. The molecule has 0 unspecified atom stereocenters. The maximum Gasteiger partial charge on any atom is 0.177 e. The maximum absolute atomic E-state index is 4.91. The summed E-state index contributed by atoms with van der Waals surface area (Å²) in [7, 11) is 1.66. The molecule has 0 fully saturated rings. The van der Waals surface area contributed by atoms with Gasteiger partial charge in [-0.3, -0.25) is 0 Å². The fourth-order valence-electron chi connectivity index (χ4n) is 1.10. The summed E-state index contributed by atoms with van der Waals surface area (Å²) < 4.78 is 6.53. The largest absolute Gasteiger partial charge is 0.383 e. The van der Waals surface area contributed by atoms with Gasteiger partial charge in [-0.15, -0.1) is 15.3 Å². The molecule has 1 N–H and O–H groups in total. The molecule has 0 bridgehead atoms. The summed E-state index contributed by atoms with van der Waals surface area (Å²) >= 11 is 0. The minimum absolute atomic E-state index is 0.655. The first-order chi connectivity index (χ1) is 6.90. The van der Waals surface area contributed by atoms with Crippen LogP contribution < -0.4 is 5.32 Å². The van der Waals surface area contributed by atoms with Gasteiger partial charge in [-0.05, 0) is 12.1 Å². The molecule has 2 aromatic heterocycles. The molecule has 0 saturated carbocycles. The molecule has 6 heteroatoms. The van der Waals surface area contributed by atoms with E-state index in [0.29, 0.717) is 6.61 Å². The predicted molar refractivity (Wildman–Crippen MR) is 51.1 cm³/mol. The second kappa shape index (κ2) is 4.01. The summed E-state index contributed by atoms with van der Waals surface area (Å²) in [5.41, 5.74) is 0.738. The van der Waals surface area contributed by atoms with Crippen molar-refractivity contribution in [2.24, 2.45) is 0 Å². The lowest BCUT2D eigenvalue weighted by Crippen LogP contribution is -2.09. The average molecular weight is 193 g/mol. The van der Waals surface area contributed by atoms with Crippen LogP contribution in [0.15, 0.2) is 18.5 Å². The summed E-state index contributed by atoms with van der Waals surface area (Å²) in [4.78, 5) is 0. The standard InChI is InChI=1S/C8H11N5O/c1-14-5-4-9-7-2-3-8-11-10-6-13(8)12-7/h2-3,6H,4-5H2,1H3,(H,9,12). The Hall–Kier alpha value is -1.69. The Morgan fingerprint density at radius 2 is 2.43 bits per heavy atom. The van der Waals surface area contributed by atoms with Crippen molar-refractivity contribution in [2.75, 3.05) is 25.6 Å². The summed E-state index contributed by atoms with van der Waals surface area (Å²) in [6.45, 7) is 1.39. The summed E-state index contributed by atoms with van der Waals surface area (Å²) in [5.74, 6) is 0.786. The molecule has 0 spiro atoms. The van der Waals surface area contributed by atoms with E-state index in [0.717, 1.165) is 18.0 Å². The average Bonchev–Trinajstić information content (AvgIpc) is 2.65. The molecule has 2 aromatic rings. The van der Waals surface area contributed by atoms with E-state index in [2.05, 4.69) is 20.6 Å². The van der Waals surface area contributed by atoms with Gasteiger partial charge in [0.2, 0.25) is 0 Å². The zero-order valence-electron chi connectivity index (χ0n) is 7.84. The number of hydrogen-bond donors (Lipinski definition) is 1. The molecular weight excluding hydrogens is 182 g/mol. The first-order valence-electron chi connectivity index (χ1n) is 4.30. The Labute approximate surface area is 80.9 Å². The van der Waals surface area contributed by atoms with Gasteiger partial charge in [0, 0.05) is 13.7 Å². The van der Waals surface area contributed by atoms with Gasteiger partial charge in [-0.1, -0.05) is 0 Å². The highest BCUT2D eigenvalue weighted by molar-refractivity contribution is 5.42. The third-order valence-electron chi connectivity index (χ3n) is 1.77. The smallest absolute Gasteiger partial charge is 0.177 e. The fourth-order valence-corrected chi connectivity index (χ4v) is 1.10. The van der Waals surface area contributed by atoms with Crippen LogP contribution in [-0.2, 0) is 4.74 Å². The number of nitrogens with one attached hydrogen (secondary N) is 1. The first-order valence-corrected chi connectivity index (χ1v) is 4.30. The zero-order valence-corrected chi connectivity index (χ0v) is 7.84. The van der Waals surface area contributed by atoms with Gasteiger partial charge in [-0.25, -0.2) is 0 Å². The summed E-state index contributed by atoms with van der Waals surface area (Å²) in [6, 6.07) is 3.72. The lowest BCUT2D eigenvalue weighted by Gasteiger charge is -2.03. The van der Waals surface area contributed by atoms with Crippen molar-refractivity contribution in [2.45, 2.75) is 0 Å². The highest BCUT2D eigenvalue weighted by Gasteiger charge is 1.97. The minimum Gasteiger partial charge on any atom is -0.383 e. The van der Waals surface area contributed by atoms with Crippen LogP contribution in [0.2, 0.25) is 0 Å². The van der Waals surface area contributed by atoms with Crippen molar-refractivity contribution < 1.29 is 4.74 Å². The van der Waals surface area contributed by atoms with Gasteiger partial charge in [-0.2, -0.15) is 4.52 Å². The van der Waals surface area contributed by atoms with Gasteiger partial charge < -0.3 is 10.1 Å². The van der Waals surface area contributed by atoms with E-state index in [1.54, 1.807) is 18.0 Å². The van der Waals surface area contributed by atoms with Crippen LogP contribution in [0.4, 0.5) is 5.82 Å². The number of methoxy groups -OCH3 is 1. The number of fused-ring (bicyclic) bond motifs is 1. The first kappa shape index (κ1) is 8.89. The zero-order chi connectivity index (χ0) is 9.80. The lowest BCUT2D eigenvalue weighted by atomic mass is 10.5. The topological polar surface area (TPSA) is 64.3 Å². The molecule has 0 atom stereocenters. The fraction of sp³-hybridized carbons (Fsp3) is 0.375. The molecule has 0 amide bonds. The van der Waals surface area contributed by atoms with E-state index >= 15 is 0 Å². The van der Waals surface area contributed by atoms with Crippen molar-refractivity contribution in [3.63, 3.8) is 0 Å². The molecule has 0 radical (unpaired) electrons. The predicted octanol–water partition coefficient (Wildman–Crippen LogP) is 0.183. The summed E-state index contributed by atoms with van der Waals surface area (Å²) in [6.07, 6.45) is 1.57.